The summed E-state index contributed by atoms with van der Waals surface area (Å²) in [7, 11) is 0. The number of hydrogen-bond donors (Lipinski definition) is 0. The average Bonchev–Trinajstić information content (AvgIpc) is 3.33. The van der Waals surface area contributed by atoms with Crippen molar-refractivity contribution in [3.63, 3.8) is 0 Å². The highest BCUT2D eigenvalue weighted by atomic mass is 79.9. The number of thiophene rings is 1. The van der Waals surface area contributed by atoms with Crippen molar-refractivity contribution in [2.45, 2.75) is 18.7 Å². The molecule has 0 spiro atoms. The predicted octanol–water partition coefficient (Wildman–Crippen LogP) is 6.03. The number of fused-ring (bicyclic) bond motifs is 3. The lowest BCUT2D eigenvalue weighted by Crippen LogP contribution is -2.33. The number of hydrazone groups is 1. The smallest absolute Gasteiger partial charge is 0.213 e. The maximum atomic E-state index is 13.8. The first-order chi connectivity index (χ1) is 13.1. The molecule has 0 aliphatic carbocycles. The molecular weight excluding hydrogens is 434 g/mol. The molecule has 0 bridgehead atoms. The summed E-state index contributed by atoms with van der Waals surface area (Å²) in [6.45, 7) is 0. The molecule has 0 amide bonds. The van der Waals surface area contributed by atoms with Crippen LogP contribution in [-0.4, -0.2) is 10.7 Å². The van der Waals surface area contributed by atoms with Crippen LogP contribution in [0.2, 0.25) is 0 Å². The van der Waals surface area contributed by atoms with Gasteiger partial charge >= 0.3 is 0 Å². The van der Waals surface area contributed by atoms with Crippen LogP contribution < -0.4 is 4.74 Å². The lowest BCUT2D eigenvalue weighted by atomic mass is 9.97. The highest BCUT2D eigenvalue weighted by Crippen LogP contribution is 2.48. The monoisotopic (exact) mass is 446 g/mol. The molecule has 5 rings (SSSR count). The van der Waals surface area contributed by atoms with Gasteiger partial charge in [0.05, 0.1) is 16.6 Å². The van der Waals surface area contributed by atoms with Crippen molar-refractivity contribution in [2.75, 3.05) is 0 Å². The van der Waals surface area contributed by atoms with Crippen molar-refractivity contribution in [3.05, 3.63) is 86.0 Å². The van der Waals surface area contributed by atoms with Gasteiger partial charge in [-0.3, -0.25) is 0 Å². The van der Waals surface area contributed by atoms with E-state index in [-0.39, 0.29) is 6.04 Å². The van der Waals surface area contributed by atoms with E-state index in [1.54, 1.807) is 17.4 Å². The standard InChI is InChI=1S/C20H13BrF2N2OS/c21-12-4-6-18-13(9-12)17-10-16(19-2-1-7-27-19)24-25(17)20(26-18)11-3-5-14(22)15(23)8-11/h1-9,17,20H,10H2/t17-,20-/m1/s1. The topological polar surface area (TPSA) is 24.8 Å². The molecule has 27 heavy (non-hydrogen) atoms. The van der Waals surface area contributed by atoms with Gasteiger partial charge in [0.1, 0.15) is 5.75 Å². The zero-order valence-corrected chi connectivity index (χ0v) is 16.3. The Bertz CT molecular complexity index is 1050. The van der Waals surface area contributed by atoms with Crippen LogP contribution in [0.1, 0.15) is 34.7 Å². The number of rotatable bonds is 2. The Labute approximate surface area is 167 Å². The zero-order valence-electron chi connectivity index (χ0n) is 13.9. The maximum Gasteiger partial charge on any atom is 0.213 e. The van der Waals surface area contributed by atoms with Crippen molar-refractivity contribution >= 4 is 33.0 Å². The molecule has 0 unspecified atom stereocenters. The molecule has 2 aromatic carbocycles. The largest absolute Gasteiger partial charge is 0.464 e. The number of benzene rings is 2. The Morgan fingerprint density at radius 3 is 2.78 bits per heavy atom. The van der Waals surface area contributed by atoms with Gasteiger partial charge in [-0.1, -0.05) is 28.1 Å². The molecule has 2 aliphatic rings. The van der Waals surface area contributed by atoms with Crippen LogP contribution in [0.15, 0.2) is 63.5 Å². The lowest BCUT2D eigenvalue weighted by Gasteiger charge is -2.38. The number of halogens is 3. The number of ether oxygens (including phenoxy) is 1. The maximum absolute atomic E-state index is 13.8. The summed E-state index contributed by atoms with van der Waals surface area (Å²) in [6, 6.07) is 13.7. The summed E-state index contributed by atoms with van der Waals surface area (Å²) in [5.41, 5.74) is 2.53. The van der Waals surface area contributed by atoms with Crippen LogP contribution in [-0.2, 0) is 0 Å². The van der Waals surface area contributed by atoms with Gasteiger partial charge in [0.2, 0.25) is 6.23 Å². The van der Waals surface area contributed by atoms with Crippen molar-refractivity contribution in [1.29, 1.82) is 0 Å². The summed E-state index contributed by atoms with van der Waals surface area (Å²) in [5, 5.41) is 8.67. The fraction of sp³-hybridized carbons (Fsp3) is 0.150. The molecule has 3 heterocycles. The van der Waals surface area contributed by atoms with Crippen molar-refractivity contribution in [1.82, 2.24) is 5.01 Å². The summed E-state index contributed by atoms with van der Waals surface area (Å²) < 4.78 is 34.4. The van der Waals surface area contributed by atoms with E-state index < -0.39 is 17.9 Å². The second kappa shape index (κ2) is 6.42. The van der Waals surface area contributed by atoms with E-state index in [4.69, 9.17) is 9.84 Å². The van der Waals surface area contributed by atoms with Crippen molar-refractivity contribution in [3.8, 4) is 5.75 Å². The molecule has 2 atom stereocenters. The predicted molar refractivity (Wildman–Crippen MR) is 104 cm³/mol. The number of nitrogens with zero attached hydrogens (tertiary/aromatic N) is 2. The molecule has 0 radical (unpaired) electrons. The SMILES string of the molecule is Fc1ccc([C@H]2Oc3ccc(Br)cc3[C@H]3CC(c4cccs4)=NN32)cc1F. The first kappa shape index (κ1) is 16.9. The van der Waals surface area contributed by atoms with Crippen LogP contribution in [0, 0.1) is 11.6 Å². The third-order valence-electron chi connectivity index (χ3n) is 4.79. The first-order valence-corrected chi connectivity index (χ1v) is 10.1. The van der Waals surface area contributed by atoms with Gasteiger partial charge in [-0.2, -0.15) is 5.10 Å². The first-order valence-electron chi connectivity index (χ1n) is 8.41. The lowest BCUT2D eigenvalue weighted by molar-refractivity contribution is -0.0193. The molecule has 0 N–H and O–H groups in total. The minimum Gasteiger partial charge on any atom is -0.464 e. The third-order valence-corrected chi connectivity index (χ3v) is 6.20. The zero-order chi connectivity index (χ0) is 18.5. The van der Waals surface area contributed by atoms with E-state index >= 15 is 0 Å². The quantitative estimate of drug-likeness (QED) is 0.479. The normalized spacial score (nSPS) is 20.7. The number of hydrogen-bond acceptors (Lipinski definition) is 4. The molecule has 0 saturated carbocycles. The van der Waals surface area contributed by atoms with Crippen LogP contribution >= 0.6 is 27.3 Å². The van der Waals surface area contributed by atoms with E-state index in [9.17, 15) is 8.78 Å². The third kappa shape index (κ3) is 2.85. The van der Waals surface area contributed by atoms with E-state index in [2.05, 4.69) is 15.9 Å². The Hall–Kier alpha value is -2.25. The van der Waals surface area contributed by atoms with Crippen LogP contribution in [0.25, 0.3) is 0 Å². The fourth-order valence-electron chi connectivity index (χ4n) is 3.54. The van der Waals surface area contributed by atoms with Gasteiger partial charge in [-0.25, -0.2) is 13.8 Å². The van der Waals surface area contributed by atoms with E-state index in [0.717, 1.165) is 38.9 Å². The molecule has 3 aromatic rings. The summed E-state index contributed by atoms with van der Waals surface area (Å²) >= 11 is 5.15. The van der Waals surface area contributed by atoms with Gasteiger partial charge in [0.15, 0.2) is 11.6 Å². The van der Waals surface area contributed by atoms with Crippen molar-refractivity contribution in [2.24, 2.45) is 5.10 Å². The van der Waals surface area contributed by atoms with Crippen LogP contribution in [0.5, 0.6) is 5.75 Å². The molecule has 3 nitrogen and oxygen atoms in total. The molecule has 136 valence electrons. The summed E-state index contributed by atoms with van der Waals surface area (Å²) in [6.07, 6.45) is 0.115. The van der Waals surface area contributed by atoms with Gasteiger partial charge < -0.3 is 4.74 Å². The highest BCUT2D eigenvalue weighted by Gasteiger charge is 2.41. The molecule has 0 fully saturated rings. The Morgan fingerprint density at radius 1 is 1.11 bits per heavy atom. The van der Waals surface area contributed by atoms with Gasteiger partial charge in [-0.15, -0.1) is 11.3 Å². The van der Waals surface area contributed by atoms with Crippen LogP contribution in [0.4, 0.5) is 8.78 Å². The fourth-order valence-corrected chi connectivity index (χ4v) is 4.64. The second-order valence-corrected chi connectivity index (χ2v) is 8.31. The molecule has 1 aromatic heterocycles. The van der Waals surface area contributed by atoms with Gasteiger partial charge in [0.25, 0.3) is 0 Å². The van der Waals surface area contributed by atoms with Gasteiger partial charge in [-0.05, 0) is 41.8 Å². The van der Waals surface area contributed by atoms with E-state index in [0.29, 0.717) is 5.56 Å². The highest BCUT2D eigenvalue weighted by molar-refractivity contribution is 9.10. The van der Waals surface area contributed by atoms with E-state index in [1.807, 2.05) is 40.7 Å². The Kier molecular flexibility index (Phi) is 4.02. The van der Waals surface area contributed by atoms with Crippen molar-refractivity contribution < 1.29 is 13.5 Å². The summed E-state index contributed by atoms with van der Waals surface area (Å²) in [4.78, 5) is 1.10. The minimum atomic E-state index is -0.893. The Morgan fingerprint density at radius 2 is 2.00 bits per heavy atom. The molecular formula is C20H13BrF2N2OS. The second-order valence-electron chi connectivity index (χ2n) is 6.45. The summed E-state index contributed by atoms with van der Waals surface area (Å²) in [5.74, 6) is -1.03. The van der Waals surface area contributed by atoms with E-state index in [1.165, 1.54) is 6.07 Å². The minimum absolute atomic E-state index is 0.0264. The molecule has 2 aliphatic heterocycles. The van der Waals surface area contributed by atoms with Gasteiger partial charge in [0, 0.05) is 22.0 Å². The average molecular weight is 447 g/mol. The molecule has 0 saturated heterocycles. The Balaban J connectivity index is 1.62. The molecule has 7 heteroatoms. The van der Waals surface area contributed by atoms with Crippen LogP contribution in [0.3, 0.4) is 0 Å².